The Balaban J connectivity index is 2.51. The van der Waals surface area contributed by atoms with Gasteiger partial charge in [-0.15, -0.1) is 0 Å². The van der Waals surface area contributed by atoms with Crippen LogP contribution in [0.25, 0.3) is 0 Å². The van der Waals surface area contributed by atoms with Crippen LogP contribution in [0.15, 0.2) is 18.2 Å². The van der Waals surface area contributed by atoms with Crippen molar-refractivity contribution in [1.29, 1.82) is 0 Å². The molecule has 15 heavy (non-hydrogen) atoms. The Hall–Kier alpha value is -1.71. The van der Waals surface area contributed by atoms with Crippen LogP contribution >= 0.6 is 0 Å². The summed E-state index contributed by atoms with van der Waals surface area (Å²) in [5.74, 6) is -0.00743. The van der Waals surface area contributed by atoms with E-state index in [1.807, 2.05) is 32.0 Å². The van der Waals surface area contributed by atoms with Crippen molar-refractivity contribution in [3.05, 3.63) is 23.8 Å². The second-order valence-electron chi connectivity index (χ2n) is 3.38. The van der Waals surface area contributed by atoms with E-state index in [-0.39, 0.29) is 12.5 Å². The molecule has 0 heterocycles. The fourth-order valence-corrected chi connectivity index (χ4v) is 1.23. The van der Waals surface area contributed by atoms with Crippen LogP contribution in [0, 0.1) is 6.92 Å². The van der Waals surface area contributed by atoms with E-state index in [1.165, 1.54) is 0 Å². The third-order valence-corrected chi connectivity index (χ3v) is 2.10. The molecule has 4 heteroatoms. The van der Waals surface area contributed by atoms with Gasteiger partial charge in [0.2, 0.25) is 5.91 Å². The molecule has 1 rings (SSSR count). The van der Waals surface area contributed by atoms with E-state index in [9.17, 15) is 4.79 Å². The van der Waals surface area contributed by atoms with Crippen LogP contribution in [-0.4, -0.2) is 19.0 Å². The number of anilines is 2. The molecular formula is C11H17N3O. The van der Waals surface area contributed by atoms with Crippen LogP contribution < -0.4 is 16.4 Å². The van der Waals surface area contributed by atoms with Gasteiger partial charge in [-0.05, 0) is 37.6 Å². The van der Waals surface area contributed by atoms with Crippen molar-refractivity contribution in [2.24, 2.45) is 0 Å². The van der Waals surface area contributed by atoms with E-state index in [2.05, 4.69) is 10.6 Å². The number of amides is 1. The third kappa shape index (κ3) is 3.50. The molecule has 4 nitrogen and oxygen atoms in total. The lowest BCUT2D eigenvalue weighted by molar-refractivity contribution is -0.119. The molecule has 0 atom stereocenters. The highest BCUT2D eigenvalue weighted by molar-refractivity contribution is 5.80. The minimum atomic E-state index is -0.00743. The first-order valence-electron chi connectivity index (χ1n) is 5.00. The van der Waals surface area contributed by atoms with Crippen molar-refractivity contribution in [2.45, 2.75) is 13.8 Å². The molecule has 0 aliphatic carbocycles. The number of aryl methyl sites for hydroxylation is 1. The first-order chi connectivity index (χ1) is 7.13. The summed E-state index contributed by atoms with van der Waals surface area (Å²) < 4.78 is 0. The normalized spacial score (nSPS) is 9.73. The molecule has 0 radical (unpaired) electrons. The maximum absolute atomic E-state index is 11.2. The number of benzene rings is 1. The Morgan fingerprint density at radius 2 is 2.20 bits per heavy atom. The standard InChI is InChI=1S/C11H17N3O/c1-3-13-11(15)7-14-9-4-5-10(12)8(2)6-9/h4-6,14H,3,7,12H2,1-2H3,(H,13,15). The van der Waals surface area contributed by atoms with Crippen molar-refractivity contribution in [3.63, 3.8) is 0 Å². The van der Waals surface area contributed by atoms with E-state index >= 15 is 0 Å². The van der Waals surface area contributed by atoms with Crippen LogP contribution in [0.1, 0.15) is 12.5 Å². The lowest BCUT2D eigenvalue weighted by Gasteiger charge is -2.08. The molecule has 0 aliphatic rings. The van der Waals surface area contributed by atoms with Gasteiger partial charge in [0, 0.05) is 17.9 Å². The van der Waals surface area contributed by atoms with Gasteiger partial charge in [0.15, 0.2) is 0 Å². The number of carbonyl (C=O) groups excluding carboxylic acids is 1. The zero-order valence-electron chi connectivity index (χ0n) is 9.13. The highest BCUT2D eigenvalue weighted by atomic mass is 16.1. The third-order valence-electron chi connectivity index (χ3n) is 2.10. The molecule has 0 fully saturated rings. The highest BCUT2D eigenvalue weighted by Gasteiger charge is 2.00. The quantitative estimate of drug-likeness (QED) is 0.648. The maximum Gasteiger partial charge on any atom is 0.239 e. The summed E-state index contributed by atoms with van der Waals surface area (Å²) in [5.41, 5.74) is 8.37. The van der Waals surface area contributed by atoms with Gasteiger partial charge in [0.05, 0.1) is 6.54 Å². The Kier molecular flexibility index (Phi) is 3.97. The van der Waals surface area contributed by atoms with Gasteiger partial charge in [-0.2, -0.15) is 0 Å². The zero-order valence-corrected chi connectivity index (χ0v) is 9.13. The van der Waals surface area contributed by atoms with Gasteiger partial charge in [-0.3, -0.25) is 4.79 Å². The summed E-state index contributed by atoms with van der Waals surface area (Å²) in [6, 6.07) is 5.62. The molecule has 0 spiro atoms. The molecule has 0 unspecified atom stereocenters. The molecule has 1 aromatic rings. The molecule has 0 aromatic heterocycles. The predicted octanol–water partition coefficient (Wildman–Crippen LogP) is 1.13. The predicted molar refractivity (Wildman–Crippen MR) is 62.8 cm³/mol. The number of nitrogens with one attached hydrogen (secondary N) is 2. The minimum absolute atomic E-state index is 0.00743. The van der Waals surface area contributed by atoms with E-state index in [0.717, 1.165) is 16.9 Å². The Labute approximate surface area is 89.9 Å². The summed E-state index contributed by atoms with van der Waals surface area (Å²) in [6.07, 6.45) is 0. The highest BCUT2D eigenvalue weighted by Crippen LogP contribution is 2.15. The van der Waals surface area contributed by atoms with E-state index in [1.54, 1.807) is 0 Å². The number of carbonyl (C=O) groups is 1. The molecule has 82 valence electrons. The van der Waals surface area contributed by atoms with Crippen molar-refractivity contribution >= 4 is 17.3 Å². The largest absolute Gasteiger partial charge is 0.399 e. The first kappa shape index (κ1) is 11.4. The molecule has 1 aromatic carbocycles. The smallest absolute Gasteiger partial charge is 0.239 e. The van der Waals surface area contributed by atoms with Crippen molar-refractivity contribution in [3.8, 4) is 0 Å². The summed E-state index contributed by atoms with van der Waals surface area (Å²) >= 11 is 0. The Bertz CT molecular complexity index is 350. The van der Waals surface area contributed by atoms with E-state index in [4.69, 9.17) is 5.73 Å². The number of hydrogen-bond acceptors (Lipinski definition) is 3. The molecule has 1 amide bonds. The molecule has 4 N–H and O–H groups in total. The molecular weight excluding hydrogens is 190 g/mol. The van der Waals surface area contributed by atoms with Crippen LogP contribution in [0.2, 0.25) is 0 Å². The monoisotopic (exact) mass is 207 g/mol. The summed E-state index contributed by atoms with van der Waals surface area (Å²) in [7, 11) is 0. The van der Waals surface area contributed by atoms with Crippen molar-refractivity contribution in [2.75, 3.05) is 24.1 Å². The Morgan fingerprint density at radius 3 is 2.80 bits per heavy atom. The summed E-state index contributed by atoms with van der Waals surface area (Å²) in [4.78, 5) is 11.2. The van der Waals surface area contributed by atoms with Gasteiger partial charge in [0.25, 0.3) is 0 Å². The number of nitrogens with two attached hydrogens (primary N) is 1. The SMILES string of the molecule is CCNC(=O)CNc1ccc(N)c(C)c1. The molecule has 0 saturated carbocycles. The number of likely N-dealkylation sites (N-methyl/N-ethyl adjacent to an activating group) is 1. The van der Waals surface area contributed by atoms with Gasteiger partial charge >= 0.3 is 0 Å². The molecule has 0 bridgehead atoms. The van der Waals surface area contributed by atoms with Crippen molar-refractivity contribution in [1.82, 2.24) is 5.32 Å². The number of rotatable bonds is 4. The second kappa shape index (κ2) is 5.24. The topological polar surface area (TPSA) is 67.2 Å². The average Bonchev–Trinajstić information content (AvgIpc) is 2.20. The van der Waals surface area contributed by atoms with Gasteiger partial charge < -0.3 is 16.4 Å². The average molecular weight is 207 g/mol. The van der Waals surface area contributed by atoms with E-state index in [0.29, 0.717) is 6.54 Å². The molecule has 0 aliphatic heterocycles. The molecule has 0 saturated heterocycles. The van der Waals surface area contributed by atoms with Crippen LogP contribution in [0.3, 0.4) is 0 Å². The Morgan fingerprint density at radius 1 is 1.47 bits per heavy atom. The second-order valence-corrected chi connectivity index (χ2v) is 3.38. The summed E-state index contributed by atoms with van der Waals surface area (Å²) in [6.45, 7) is 4.77. The van der Waals surface area contributed by atoms with Gasteiger partial charge in [-0.25, -0.2) is 0 Å². The first-order valence-corrected chi connectivity index (χ1v) is 5.00. The lowest BCUT2D eigenvalue weighted by atomic mass is 10.2. The van der Waals surface area contributed by atoms with Crippen LogP contribution in [0.5, 0.6) is 0 Å². The minimum Gasteiger partial charge on any atom is -0.399 e. The maximum atomic E-state index is 11.2. The van der Waals surface area contributed by atoms with Gasteiger partial charge in [0.1, 0.15) is 0 Å². The zero-order chi connectivity index (χ0) is 11.3. The van der Waals surface area contributed by atoms with Crippen molar-refractivity contribution < 1.29 is 4.79 Å². The van der Waals surface area contributed by atoms with Crippen LogP contribution in [0.4, 0.5) is 11.4 Å². The summed E-state index contributed by atoms with van der Waals surface area (Å²) in [5, 5.41) is 5.75. The van der Waals surface area contributed by atoms with Gasteiger partial charge in [-0.1, -0.05) is 0 Å². The van der Waals surface area contributed by atoms with E-state index < -0.39 is 0 Å². The fourth-order valence-electron chi connectivity index (χ4n) is 1.23. The number of nitrogen functional groups attached to an aromatic ring is 1. The fraction of sp³-hybridized carbons (Fsp3) is 0.364. The van der Waals surface area contributed by atoms with Crippen LogP contribution in [-0.2, 0) is 4.79 Å². The number of hydrogen-bond donors (Lipinski definition) is 3. The lowest BCUT2D eigenvalue weighted by Crippen LogP contribution is -2.29.